The molecule has 0 bridgehead atoms. The van der Waals surface area contributed by atoms with Crippen LogP contribution in [0.3, 0.4) is 0 Å². The van der Waals surface area contributed by atoms with Gasteiger partial charge < -0.3 is 4.74 Å². The van der Waals surface area contributed by atoms with Crippen molar-refractivity contribution in [1.29, 1.82) is 0 Å². The molecule has 0 aromatic heterocycles. The first kappa shape index (κ1) is 12.2. The normalized spacial score (nSPS) is 10.7. The van der Waals surface area contributed by atoms with Gasteiger partial charge in [-0.1, -0.05) is 26.5 Å². The van der Waals surface area contributed by atoms with Gasteiger partial charge in [0.2, 0.25) is 5.24 Å². The molecule has 0 aliphatic carbocycles. The van der Waals surface area contributed by atoms with Gasteiger partial charge in [0.15, 0.2) is 0 Å². The Morgan fingerprint density at radius 2 is 2.08 bits per heavy atom. The van der Waals surface area contributed by atoms with Crippen molar-refractivity contribution in [3.05, 3.63) is 12.7 Å². The Morgan fingerprint density at radius 1 is 1.54 bits per heavy atom. The van der Waals surface area contributed by atoms with Gasteiger partial charge in [-0.15, -0.1) is 0 Å². The van der Waals surface area contributed by atoms with Gasteiger partial charge in [0, 0.05) is 5.41 Å². The highest BCUT2D eigenvalue weighted by atomic mass is 35.5. The maximum atomic E-state index is 11.0. The molecule has 74 valence electrons. The number of hydrogen-bond donors (Lipinski definition) is 0. The second kappa shape index (κ2) is 5.02. The largest absolute Gasteiger partial charge is 0.461 e. The van der Waals surface area contributed by atoms with Gasteiger partial charge in [0.25, 0.3) is 0 Å². The lowest BCUT2D eigenvalue weighted by atomic mass is 9.91. The Morgan fingerprint density at radius 3 is 2.46 bits per heavy atom. The highest BCUT2D eigenvalue weighted by Gasteiger charge is 2.29. The minimum atomic E-state index is -0.861. The molecule has 0 atom stereocenters. The topological polar surface area (TPSA) is 43.4 Å². The first-order valence-electron chi connectivity index (χ1n) is 3.86. The van der Waals surface area contributed by atoms with Crippen LogP contribution in [0.2, 0.25) is 0 Å². The van der Waals surface area contributed by atoms with Gasteiger partial charge in [-0.2, -0.15) is 0 Å². The minimum Gasteiger partial charge on any atom is -0.461 e. The second-order valence-electron chi connectivity index (χ2n) is 3.31. The van der Waals surface area contributed by atoms with Crippen molar-refractivity contribution in [3.63, 3.8) is 0 Å². The molecule has 0 saturated heterocycles. The van der Waals surface area contributed by atoms with E-state index in [-0.39, 0.29) is 13.0 Å². The molecule has 0 radical (unpaired) electrons. The van der Waals surface area contributed by atoms with Crippen LogP contribution in [0.25, 0.3) is 0 Å². The highest BCUT2D eigenvalue weighted by Crippen LogP contribution is 2.23. The predicted molar refractivity (Wildman–Crippen MR) is 50.4 cm³/mol. The molecular formula is C9H13ClO3. The molecule has 0 amide bonds. The number of carbonyl (C=O) groups is 2. The maximum absolute atomic E-state index is 11.0. The van der Waals surface area contributed by atoms with Gasteiger partial charge in [-0.25, -0.2) is 0 Å². The van der Waals surface area contributed by atoms with E-state index in [2.05, 4.69) is 6.58 Å². The summed E-state index contributed by atoms with van der Waals surface area (Å²) in [4.78, 5) is 21.9. The van der Waals surface area contributed by atoms with Crippen LogP contribution >= 0.6 is 11.6 Å². The predicted octanol–water partition coefficient (Wildman–Crippen LogP) is 1.90. The molecule has 0 unspecified atom stereocenters. The third kappa shape index (κ3) is 4.68. The Labute approximate surface area is 82.7 Å². The molecule has 3 nitrogen and oxygen atoms in total. The third-order valence-electron chi connectivity index (χ3n) is 1.48. The third-order valence-corrected chi connectivity index (χ3v) is 1.99. The molecule has 0 heterocycles. The molecule has 0 saturated carbocycles. The fourth-order valence-corrected chi connectivity index (χ4v) is 0.700. The average molecular weight is 205 g/mol. The zero-order chi connectivity index (χ0) is 10.5. The molecule has 0 spiro atoms. The van der Waals surface area contributed by atoms with E-state index in [1.807, 2.05) is 0 Å². The van der Waals surface area contributed by atoms with Gasteiger partial charge in [0.05, 0.1) is 6.42 Å². The molecule has 4 heteroatoms. The lowest BCUT2D eigenvalue weighted by Gasteiger charge is -2.17. The second-order valence-corrected chi connectivity index (χ2v) is 3.65. The van der Waals surface area contributed by atoms with Gasteiger partial charge in [-0.05, 0) is 11.6 Å². The van der Waals surface area contributed by atoms with Crippen LogP contribution in [0, 0.1) is 5.41 Å². The van der Waals surface area contributed by atoms with Crippen molar-refractivity contribution in [3.8, 4) is 0 Å². The number of ether oxygens (including phenoxy) is 1. The van der Waals surface area contributed by atoms with E-state index >= 15 is 0 Å². The van der Waals surface area contributed by atoms with E-state index < -0.39 is 16.6 Å². The number of rotatable bonds is 5. The summed E-state index contributed by atoms with van der Waals surface area (Å²) in [6, 6.07) is 0. The van der Waals surface area contributed by atoms with Crippen LogP contribution in [-0.2, 0) is 14.3 Å². The Hall–Kier alpha value is -0.830. The van der Waals surface area contributed by atoms with Gasteiger partial charge >= 0.3 is 5.97 Å². The summed E-state index contributed by atoms with van der Waals surface area (Å²) >= 11 is 5.28. The smallest absolute Gasteiger partial charge is 0.307 e. The minimum absolute atomic E-state index is 0.0107. The molecule has 0 aromatic rings. The quantitative estimate of drug-likeness (QED) is 0.390. The molecule has 0 fully saturated rings. The van der Waals surface area contributed by atoms with Gasteiger partial charge in [0.1, 0.15) is 6.61 Å². The summed E-state index contributed by atoms with van der Waals surface area (Å²) in [6.45, 7) is 6.74. The molecule has 0 aromatic carbocycles. The van der Waals surface area contributed by atoms with Crippen molar-refractivity contribution in [1.82, 2.24) is 0 Å². The maximum Gasteiger partial charge on any atom is 0.307 e. The van der Waals surface area contributed by atoms with E-state index in [4.69, 9.17) is 16.3 Å². The number of esters is 1. The van der Waals surface area contributed by atoms with Crippen LogP contribution < -0.4 is 0 Å². The van der Waals surface area contributed by atoms with E-state index in [1.165, 1.54) is 6.08 Å². The fourth-order valence-electron chi connectivity index (χ4n) is 0.633. The van der Waals surface area contributed by atoms with Crippen LogP contribution in [0.15, 0.2) is 12.7 Å². The van der Waals surface area contributed by atoms with E-state index in [0.717, 1.165) is 0 Å². The van der Waals surface area contributed by atoms with Crippen LogP contribution in [0.5, 0.6) is 0 Å². The van der Waals surface area contributed by atoms with Gasteiger partial charge in [-0.3, -0.25) is 9.59 Å². The van der Waals surface area contributed by atoms with Crippen molar-refractivity contribution >= 4 is 22.8 Å². The zero-order valence-corrected chi connectivity index (χ0v) is 8.56. The molecule has 13 heavy (non-hydrogen) atoms. The molecule has 0 N–H and O–H groups in total. The molecule has 0 aliphatic rings. The molecule has 0 rings (SSSR count). The van der Waals surface area contributed by atoms with Crippen molar-refractivity contribution in [2.24, 2.45) is 5.41 Å². The van der Waals surface area contributed by atoms with Crippen molar-refractivity contribution < 1.29 is 14.3 Å². The average Bonchev–Trinajstić information content (AvgIpc) is 1.99. The fraction of sp³-hybridized carbons (Fsp3) is 0.556. The summed E-state index contributed by atoms with van der Waals surface area (Å²) in [5, 5.41) is -0.539. The monoisotopic (exact) mass is 204 g/mol. The lowest BCUT2D eigenvalue weighted by Crippen LogP contribution is -2.24. The summed E-state index contributed by atoms with van der Waals surface area (Å²) in [5.74, 6) is -0.445. The highest BCUT2D eigenvalue weighted by molar-refractivity contribution is 6.64. The van der Waals surface area contributed by atoms with E-state index in [0.29, 0.717) is 0 Å². The van der Waals surface area contributed by atoms with E-state index in [1.54, 1.807) is 13.8 Å². The number of carbonyl (C=O) groups excluding carboxylic acids is 2. The van der Waals surface area contributed by atoms with E-state index in [9.17, 15) is 9.59 Å². The SMILES string of the molecule is C=CCOC(=O)CC(C)(C)C(=O)Cl. The van der Waals surface area contributed by atoms with Crippen LogP contribution in [0.4, 0.5) is 0 Å². The summed E-state index contributed by atoms with van der Waals surface area (Å²) in [7, 11) is 0. The van der Waals surface area contributed by atoms with Crippen LogP contribution in [-0.4, -0.2) is 17.8 Å². The summed E-state index contributed by atoms with van der Waals surface area (Å²) in [5.41, 5.74) is -0.861. The lowest BCUT2D eigenvalue weighted by molar-refractivity contribution is -0.146. The number of hydrogen-bond acceptors (Lipinski definition) is 3. The first-order chi connectivity index (χ1) is 5.90. The van der Waals surface area contributed by atoms with Crippen molar-refractivity contribution in [2.45, 2.75) is 20.3 Å². The first-order valence-corrected chi connectivity index (χ1v) is 4.24. The van der Waals surface area contributed by atoms with Crippen molar-refractivity contribution in [2.75, 3.05) is 6.61 Å². The summed E-state index contributed by atoms with van der Waals surface area (Å²) < 4.78 is 4.71. The molecule has 0 aliphatic heterocycles. The van der Waals surface area contributed by atoms with Crippen LogP contribution in [0.1, 0.15) is 20.3 Å². The molecular weight excluding hydrogens is 192 g/mol. The Kier molecular flexibility index (Phi) is 4.70. The standard InChI is InChI=1S/C9H13ClO3/c1-4-5-13-7(11)6-9(2,3)8(10)12/h4H,1,5-6H2,2-3H3. The summed E-state index contributed by atoms with van der Waals surface area (Å²) in [6.07, 6.45) is 1.45. The Bertz CT molecular complexity index is 221. The Balaban J connectivity index is 4.04. The number of halogens is 1. The zero-order valence-electron chi connectivity index (χ0n) is 7.80.